The molecule has 0 unspecified atom stereocenters. The summed E-state index contributed by atoms with van der Waals surface area (Å²) in [5.41, 5.74) is 2.51. The molecule has 0 spiro atoms. The standard InChI is InChI=1S/C24H24N6O2S/c1-15-22(17-8-3-4-9-18(17)26-15)23(32)16(2)33-24-28-27-20(14-29-13-7-11-21(29)31)30(24)19-10-5-6-12-25-19/h3-6,8-10,12,16,26H,7,11,13-14H2,1-2H3/t16-/m1/s1. The van der Waals surface area contributed by atoms with Crippen LogP contribution in [0, 0.1) is 6.92 Å². The molecule has 8 nitrogen and oxygen atoms in total. The molecule has 1 amide bonds. The van der Waals surface area contributed by atoms with Gasteiger partial charge in [-0.3, -0.25) is 14.2 Å². The molecule has 1 fully saturated rings. The van der Waals surface area contributed by atoms with E-state index in [2.05, 4.69) is 20.2 Å². The Morgan fingerprint density at radius 1 is 1.18 bits per heavy atom. The Hall–Kier alpha value is -3.46. The van der Waals surface area contributed by atoms with Gasteiger partial charge in [-0.1, -0.05) is 36.0 Å². The van der Waals surface area contributed by atoms with Gasteiger partial charge in [-0.05, 0) is 38.5 Å². The van der Waals surface area contributed by atoms with Crippen LogP contribution >= 0.6 is 11.8 Å². The number of pyridine rings is 1. The summed E-state index contributed by atoms with van der Waals surface area (Å²) in [6.07, 6.45) is 3.13. The van der Waals surface area contributed by atoms with Crippen molar-refractivity contribution in [1.82, 2.24) is 29.6 Å². The maximum absolute atomic E-state index is 13.5. The predicted molar refractivity (Wildman–Crippen MR) is 126 cm³/mol. The number of ketones is 1. The summed E-state index contributed by atoms with van der Waals surface area (Å²) in [6.45, 7) is 4.89. The summed E-state index contributed by atoms with van der Waals surface area (Å²) >= 11 is 1.35. The zero-order valence-electron chi connectivity index (χ0n) is 18.5. The highest BCUT2D eigenvalue weighted by Gasteiger charge is 2.27. The Balaban J connectivity index is 1.47. The van der Waals surface area contributed by atoms with E-state index < -0.39 is 5.25 Å². The first kappa shape index (κ1) is 21.4. The Bertz CT molecular complexity index is 1330. The number of nitrogens with one attached hydrogen (secondary N) is 1. The van der Waals surface area contributed by atoms with Gasteiger partial charge in [-0.2, -0.15) is 0 Å². The van der Waals surface area contributed by atoms with Gasteiger partial charge >= 0.3 is 0 Å². The minimum atomic E-state index is -0.393. The molecule has 1 aliphatic heterocycles. The maximum atomic E-state index is 13.5. The number of hydrogen-bond acceptors (Lipinski definition) is 6. The predicted octanol–water partition coefficient (Wildman–Crippen LogP) is 3.94. The Morgan fingerprint density at radius 3 is 2.76 bits per heavy atom. The second-order valence-electron chi connectivity index (χ2n) is 8.14. The largest absolute Gasteiger partial charge is 0.358 e. The van der Waals surface area contributed by atoms with E-state index in [0.29, 0.717) is 41.9 Å². The van der Waals surface area contributed by atoms with Crippen LogP contribution < -0.4 is 0 Å². The van der Waals surface area contributed by atoms with Crippen molar-refractivity contribution in [2.24, 2.45) is 0 Å². The van der Waals surface area contributed by atoms with Crippen molar-refractivity contribution < 1.29 is 9.59 Å². The van der Waals surface area contributed by atoms with E-state index in [1.54, 1.807) is 11.1 Å². The highest BCUT2D eigenvalue weighted by molar-refractivity contribution is 8.00. The van der Waals surface area contributed by atoms with Crippen LogP contribution in [0.2, 0.25) is 0 Å². The van der Waals surface area contributed by atoms with Crippen molar-refractivity contribution in [2.75, 3.05) is 6.54 Å². The molecule has 0 bridgehead atoms. The number of benzene rings is 1. The van der Waals surface area contributed by atoms with Crippen molar-refractivity contribution in [1.29, 1.82) is 0 Å². The molecule has 3 aromatic heterocycles. The van der Waals surface area contributed by atoms with Crippen LogP contribution in [0.25, 0.3) is 16.7 Å². The quantitative estimate of drug-likeness (QED) is 0.331. The lowest BCUT2D eigenvalue weighted by molar-refractivity contribution is -0.128. The van der Waals surface area contributed by atoms with Gasteiger partial charge in [-0.15, -0.1) is 10.2 Å². The number of hydrogen-bond donors (Lipinski definition) is 1. The number of aromatic nitrogens is 5. The Kier molecular flexibility index (Phi) is 5.72. The normalized spacial score (nSPS) is 14.8. The smallest absolute Gasteiger partial charge is 0.223 e. The summed E-state index contributed by atoms with van der Waals surface area (Å²) < 4.78 is 1.85. The molecular weight excluding hydrogens is 436 g/mol. The zero-order chi connectivity index (χ0) is 22.9. The summed E-state index contributed by atoms with van der Waals surface area (Å²) in [5.74, 6) is 1.45. The third-order valence-corrected chi connectivity index (χ3v) is 6.92. The van der Waals surface area contributed by atoms with E-state index in [1.165, 1.54) is 11.8 Å². The summed E-state index contributed by atoms with van der Waals surface area (Å²) in [6, 6.07) is 13.4. The van der Waals surface area contributed by atoms with E-state index in [-0.39, 0.29) is 11.7 Å². The van der Waals surface area contributed by atoms with E-state index in [4.69, 9.17) is 0 Å². The van der Waals surface area contributed by atoms with Crippen molar-refractivity contribution >= 4 is 34.4 Å². The molecule has 9 heteroatoms. The van der Waals surface area contributed by atoms with Crippen LogP contribution in [0.5, 0.6) is 0 Å². The van der Waals surface area contributed by atoms with E-state index in [1.807, 2.05) is 60.9 Å². The fourth-order valence-corrected chi connectivity index (χ4v) is 5.18. The van der Waals surface area contributed by atoms with E-state index in [9.17, 15) is 9.59 Å². The van der Waals surface area contributed by atoms with Gasteiger partial charge in [0.2, 0.25) is 5.91 Å². The molecule has 4 heterocycles. The van der Waals surface area contributed by atoms with Crippen molar-refractivity contribution in [3.05, 3.63) is 65.7 Å². The monoisotopic (exact) mass is 460 g/mol. The van der Waals surface area contributed by atoms with Crippen molar-refractivity contribution in [2.45, 2.75) is 43.6 Å². The summed E-state index contributed by atoms with van der Waals surface area (Å²) in [7, 11) is 0. The highest BCUT2D eigenvalue weighted by atomic mass is 32.2. The van der Waals surface area contributed by atoms with Crippen LogP contribution in [0.15, 0.2) is 53.8 Å². The van der Waals surface area contributed by atoms with Gasteiger partial charge in [0.1, 0.15) is 5.82 Å². The SMILES string of the molecule is Cc1[nH]c2ccccc2c1C(=O)[C@@H](C)Sc1nnc(CN2CCCC2=O)n1-c1ccccn1. The van der Waals surface area contributed by atoms with Crippen LogP contribution in [0.1, 0.15) is 41.6 Å². The number of fused-ring (bicyclic) bond motifs is 1. The summed E-state index contributed by atoms with van der Waals surface area (Å²) in [4.78, 5) is 35.2. The van der Waals surface area contributed by atoms with Crippen molar-refractivity contribution in [3.8, 4) is 5.82 Å². The minimum Gasteiger partial charge on any atom is -0.358 e. The lowest BCUT2D eigenvalue weighted by atomic mass is 10.1. The number of carbonyl (C=O) groups excluding carboxylic acids is 2. The number of amides is 1. The van der Waals surface area contributed by atoms with Crippen LogP contribution in [-0.2, 0) is 11.3 Å². The molecule has 1 N–H and O–H groups in total. The topological polar surface area (TPSA) is 96.8 Å². The lowest BCUT2D eigenvalue weighted by Gasteiger charge is -2.16. The third kappa shape index (κ3) is 4.04. The van der Waals surface area contributed by atoms with Gasteiger partial charge in [0.25, 0.3) is 0 Å². The molecular formula is C24H24N6O2S. The number of likely N-dealkylation sites (tertiary alicyclic amines) is 1. The maximum Gasteiger partial charge on any atom is 0.223 e. The van der Waals surface area contributed by atoms with E-state index >= 15 is 0 Å². The molecule has 168 valence electrons. The lowest BCUT2D eigenvalue weighted by Crippen LogP contribution is -2.26. The fraction of sp³-hybridized carbons (Fsp3) is 0.292. The molecule has 1 saturated heterocycles. The molecule has 0 saturated carbocycles. The van der Waals surface area contributed by atoms with Gasteiger partial charge in [0.05, 0.1) is 11.8 Å². The molecule has 0 aliphatic carbocycles. The average Bonchev–Trinajstić information content (AvgIpc) is 3.50. The number of para-hydroxylation sites is 1. The molecule has 33 heavy (non-hydrogen) atoms. The first-order valence-corrected chi connectivity index (χ1v) is 11.8. The van der Waals surface area contributed by atoms with Crippen LogP contribution in [0.4, 0.5) is 0 Å². The second-order valence-corrected chi connectivity index (χ2v) is 9.44. The number of Topliss-reactive ketones (excluding diaryl/α,β-unsaturated/α-hetero) is 1. The number of nitrogens with zero attached hydrogens (tertiary/aromatic N) is 5. The van der Waals surface area contributed by atoms with Crippen LogP contribution in [0.3, 0.4) is 0 Å². The molecule has 1 atom stereocenters. The van der Waals surface area contributed by atoms with Gasteiger partial charge in [0, 0.05) is 41.3 Å². The number of aromatic amines is 1. The number of aryl methyl sites for hydroxylation is 1. The number of H-pyrrole nitrogens is 1. The average molecular weight is 461 g/mol. The molecule has 0 radical (unpaired) electrons. The van der Waals surface area contributed by atoms with E-state index in [0.717, 1.165) is 23.0 Å². The number of thioether (sulfide) groups is 1. The molecule has 1 aliphatic rings. The van der Waals surface area contributed by atoms with Gasteiger partial charge in [-0.25, -0.2) is 4.98 Å². The Morgan fingerprint density at radius 2 is 2.00 bits per heavy atom. The van der Waals surface area contributed by atoms with Crippen LogP contribution in [-0.4, -0.2) is 53.1 Å². The third-order valence-electron chi connectivity index (χ3n) is 5.87. The second kappa shape index (κ2) is 8.82. The summed E-state index contributed by atoms with van der Waals surface area (Å²) in [5, 5.41) is 9.87. The fourth-order valence-electron chi connectivity index (χ4n) is 4.25. The number of carbonyl (C=O) groups is 2. The van der Waals surface area contributed by atoms with Crippen molar-refractivity contribution in [3.63, 3.8) is 0 Å². The molecule has 1 aromatic carbocycles. The van der Waals surface area contributed by atoms with Gasteiger partial charge in [0.15, 0.2) is 16.8 Å². The highest BCUT2D eigenvalue weighted by Crippen LogP contribution is 2.31. The Labute approximate surface area is 195 Å². The molecule has 5 rings (SSSR count). The van der Waals surface area contributed by atoms with Gasteiger partial charge < -0.3 is 9.88 Å². The molecule has 4 aromatic rings. The minimum absolute atomic E-state index is 0.0294. The first-order chi connectivity index (χ1) is 16.0. The zero-order valence-corrected chi connectivity index (χ0v) is 19.3. The first-order valence-electron chi connectivity index (χ1n) is 10.9. The number of rotatable bonds is 7.